The molecule has 0 radical (unpaired) electrons. The second kappa shape index (κ2) is 7.35. The number of nitrogens with one attached hydrogen (secondary N) is 1. The molecule has 0 fully saturated rings. The molecule has 1 N–H and O–H groups in total. The molecule has 0 aliphatic heterocycles. The first-order valence-corrected chi connectivity index (χ1v) is 8.51. The molecule has 1 nitrogen and oxygen atoms in total. The van der Waals surface area contributed by atoms with Crippen LogP contribution in [-0.4, -0.2) is 12.8 Å². The third-order valence-electron chi connectivity index (χ3n) is 3.84. The Hall–Kier alpha value is -0.960. The van der Waals surface area contributed by atoms with Gasteiger partial charge in [0.15, 0.2) is 0 Å². The Bertz CT molecular complexity index is 607. The van der Waals surface area contributed by atoms with Crippen molar-refractivity contribution in [2.45, 2.75) is 31.7 Å². The lowest BCUT2D eigenvalue weighted by Crippen LogP contribution is -2.20. The van der Waals surface area contributed by atoms with E-state index in [0.717, 1.165) is 10.8 Å². The molecule has 1 atom stereocenters. The lowest BCUT2D eigenvalue weighted by Gasteiger charge is -2.20. The van der Waals surface area contributed by atoms with Gasteiger partial charge in [0, 0.05) is 21.7 Å². The Kier molecular flexibility index (Phi) is 5.74. The summed E-state index contributed by atoms with van der Waals surface area (Å²) < 4.78 is 0. The quantitative estimate of drug-likeness (QED) is 0.749. The van der Waals surface area contributed by atoms with E-state index in [4.69, 9.17) is 11.6 Å². The van der Waals surface area contributed by atoms with Crippen molar-refractivity contribution in [2.24, 2.45) is 0 Å². The highest BCUT2D eigenvalue weighted by atomic mass is 35.5. The molecule has 2 aromatic carbocycles. The van der Waals surface area contributed by atoms with E-state index in [-0.39, 0.29) is 0 Å². The highest BCUT2D eigenvalue weighted by molar-refractivity contribution is 7.99. The maximum absolute atomic E-state index is 5.93. The molecule has 0 saturated carbocycles. The van der Waals surface area contributed by atoms with E-state index in [1.165, 1.54) is 27.1 Å². The fraction of sp³-hybridized carbons (Fsp3) is 0.333. The van der Waals surface area contributed by atoms with E-state index in [0.29, 0.717) is 6.04 Å². The Morgan fingerprint density at radius 1 is 1.00 bits per heavy atom. The molecule has 0 aliphatic carbocycles. The average Bonchev–Trinajstić information content (AvgIpc) is 2.46. The molecule has 0 bridgehead atoms. The highest BCUT2D eigenvalue weighted by Gasteiger charge is 2.13. The van der Waals surface area contributed by atoms with Crippen LogP contribution in [0.1, 0.15) is 28.3 Å². The van der Waals surface area contributed by atoms with Crippen LogP contribution in [-0.2, 0) is 0 Å². The Morgan fingerprint density at radius 2 is 1.62 bits per heavy atom. The zero-order valence-electron chi connectivity index (χ0n) is 13.0. The predicted octanol–water partition coefficient (Wildman–Crippen LogP) is 5.32. The maximum Gasteiger partial charge on any atom is 0.0415 e. The SMILES string of the molecule is CNC(CSc1ccc(Cl)cc1)c1cc(C)c(C)cc1C. The van der Waals surface area contributed by atoms with Gasteiger partial charge in [-0.2, -0.15) is 0 Å². The smallest absolute Gasteiger partial charge is 0.0415 e. The molecule has 0 spiro atoms. The van der Waals surface area contributed by atoms with Crippen LogP contribution in [0.4, 0.5) is 0 Å². The molecule has 0 heterocycles. The standard InChI is InChI=1S/C18H22ClNS/c1-12-9-14(3)17(10-13(12)2)18(20-4)11-21-16-7-5-15(19)6-8-16/h5-10,18,20H,11H2,1-4H3. The number of hydrogen-bond acceptors (Lipinski definition) is 2. The third kappa shape index (κ3) is 4.26. The number of thioether (sulfide) groups is 1. The number of rotatable bonds is 5. The molecule has 0 aliphatic rings. The number of hydrogen-bond donors (Lipinski definition) is 1. The fourth-order valence-electron chi connectivity index (χ4n) is 2.40. The summed E-state index contributed by atoms with van der Waals surface area (Å²) in [6.45, 7) is 6.54. The minimum Gasteiger partial charge on any atom is -0.312 e. The van der Waals surface area contributed by atoms with E-state index < -0.39 is 0 Å². The Morgan fingerprint density at radius 3 is 2.24 bits per heavy atom. The highest BCUT2D eigenvalue weighted by Crippen LogP contribution is 2.28. The van der Waals surface area contributed by atoms with Gasteiger partial charge in [0.2, 0.25) is 0 Å². The normalized spacial score (nSPS) is 12.4. The van der Waals surface area contributed by atoms with Crippen molar-refractivity contribution in [1.82, 2.24) is 5.32 Å². The van der Waals surface area contributed by atoms with Gasteiger partial charge in [-0.3, -0.25) is 0 Å². The van der Waals surface area contributed by atoms with Crippen LogP contribution in [0, 0.1) is 20.8 Å². The molecule has 3 heteroatoms. The van der Waals surface area contributed by atoms with Crippen LogP contribution in [0.15, 0.2) is 41.3 Å². The second-order valence-corrected chi connectivity index (χ2v) is 6.93. The maximum atomic E-state index is 5.93. The van der Waals surface area contributed by atoms with Crippen LogP contribution in [0.25, 0.3) is 0 Å². The molecule has 21 heavy (non-hydrogen) atoms. The molecule has 0 amide bonds. The van der Waals surface area contributed by atoms with Crippen molar-refractivity contribution in [2.75, 3.05) is 12.8 Å². The van der Waals surface area contributed by atoms with Crippen molar-refractivity contribution < 1.29 is 0 Å². The molecular weight excluding hydrogens is 298 g/mol. The third-order valence-corrected chi connectivity index (χ3v) is 5.19. The van der Waals surface area contributed by atoms with E-state index in [1.54, 1.807) is 0 Å². The lowest BCUT2D eigenvalue weighted by atomic mass is 9.96. The lowest BCUT2D eigenvalue weighted by molar-refractivity contribution is 0.657. The number of aryl methyl sites for hydroxylation is 3. The zero-order chi connectivity index (χ0) is 15.4. The largest absolute Gasteiger partial charge is 0.312 e. The van der Waals surface area contributed by atoms with E-state index in [2.05, 4.69) is 50.4 Å². The van der Waals surface area contributed by atoms with Crippen molar-refractivity contribution in [3.05, 3.63) is 63.7 Å². The van der Waals surface area contributed by atoms with Gasteiger partial charge in [-0.1, -0.05) is 23.7 Å². The summed E-state index contributed by atoms with van der Waals surface area (Å²) in [7, 11) is 2.03. The Balaban J connectivity index is 2.13. The molecule has 2 aromatic rings. The summed E-state index contributed by atoms with van der Waals surface area (Å²) in [5, 5.41) is 4.23. The molecular formula is C18H22ClNS. The first-order valence-electron chi connectivity index (χ1n) is 7.14. The predicted molar refractivity (Wildman–Crippen MR) is 94.6 cm³/mol. The van der Waals surface area contributed by atoms with Gasteiger partial charge in [0.25, 0.3) is 0 Å². The average molecular weight is 320 g/mol. The van der Waals surface area contributed by atoms with Crippen LogP contribution >= 0.6 is 23.4 Å². The zero-order valence-corrected chi connectivity index (χ0v) is 14.6. The fourth-order valence-corrected chi connectivity index (χ4v) is 3.56. The van der Waals surface area contributed by atoms with Crippen molar-refractivity contribution in [3.8, 4) is 0 Å². The summed E-state index contributed by atoms with van der Waals surface area (Å²) in [6, 6.07) is 13.0. The van der Waals surface area contributed by atoms with E-state index in [9.17, 15) is 0 Å². The summed E-state index contributed by atoms with van der Waals surface area (Å²) in [5.41, 5.74) is 5.46. The summed E-state index contributed by atoms with van der Waals surface area (Å²) in [5.74, 6) is 1.00. The summed E-state index contributed by atoms with van der Waals surface area (Å²) in [4.78, 5) is 1.25. The minimum absolute atomic E-state index is 0.352. The molecule has 0 saturated heterocycles. The van der Waals surface area contributed by atoms with E-state index >= 15 is 0 Å². The monoisotopic (exact) mass is 319 g/mol. The topological polar surface area (TPSA) is 12.0 Å². The number of halogens is 1. The molecule has 0 aromatic heterocycles. The second-order valence-electron chi connectivity index (χ2n) is 5.40. The minimum atomic E-state index is 0.352. The number of benzene rings is 2. The van der Waals surface area contributed by atoms with Crippen molar-refractivity contribution in [1.29, 1.82) is 0 Å². The van der Waals surface area contributed by atoms with Crippen molar-refractivity contribution in [3.63, 3.8) is 0 Å². The van der Waals surface area contributed by atoms with Gasteiger partial charge in [-0.05, 0) is 74.3 Å². The van der Waals surface area contributed by atoms with Crippen LogP contribution in [0.5, 0.6) is 0 Å². The first kappa shape index (κ1) is 16.4. The van der Waals surface area contributed by atoms with Gasteiger partial charge in [-0.15, -0.1) is 11.8 Å². The Labute approximate surface area is 137 Å². The van der Waals surface area contributed by atoms with Crippen molar-refractivity contribution >= 4 is 23.4 Å². The molecule has 1 unspecified atom stereocenters. The van der Waals surface area contributed by atoms with Gasteiger partial charge in [-0.25, -0.2) is 0 Å². The summed E-state index contributed by atoms with van der Waals surface area (Å²) in [6.07, 6.45) is 0. The van der Waals surface area contributed by atoms with Crippen LogP contribution in [0.2, 0.25) is 5.02 Å². The summed E-state index contributed by atoms with van der Waals surface area (Å²) >= 11 is 7.78. The van der Waals surface area contributed by atoms with Crippen LogP contribution in [0.3, 0.4) is 0 Å². The first-order chi connectivity index (χ1) is 10.0. The molecule has 2 rings (SSSR count). The molecule has 112 valence electrons. The van der Waals surface area contributed by atoms with Gasteiger partial charge in [0.05, 0.1) is 0 Å². The van der Waals surface area contributed by atoms with Gasteiger partial charge < -0.3 is 5.32 Å². The van der Waals surface area contributed by atoms with Gasteiger partial charge >= 0.3 is 0 Å². The van der Waals surface area contributed by atoms with E-state index in [1.807, 2.05) is 30.9 Å². The van der Waals surface area contributed by atoms with Crippen LogP contribution < -0.4 is 5.32 Å². The van der Waals surface area contributed by atoms with Gasteiger partial charge in [0.1, 0.15) is 0 Å².